The summed E-state index contributed by atoms with van der Waals surface area (Å²) >= 11 is 21.5. The number of hydrogen-bond donors (Lipinski definition) is 0. The Balaban J connectivity index is 3.01. The van der Waals surface area contributed by atoms with Gasteiger partial charge in [0, 0.05) is 0 Å². The number of alkyl halides is 6. The lowest BCUT2D eigenvalue weighted by Crippen LogP contribution is -2.63. The van der Waals surface area contributed by atoms with E-state index in [9.17, 15) is 30.8 Å². The predicted octanol–water partition coefficient (Wildman–Crippen LogP) is 6.32. The molecule has 12 heteroatoms. The minimum atomic E-state index is -6.11. The molecule has 0 radical (unpaired) electrons. The number of hydrogen-bond acceptors (Lipinski definition) is 1. The fourth-order valence-corrected chi connectivity index (χ4v) is 2.74. The highest BCUT2D eigenvalue weighted by atomic mass is 35.5. The van der Waals surface area contributed by atoms with Crippen LogP contribution in [0.1, 0.15) is 5.56 Å². The van der Waals surface area contributed by atoms with Gasteiger partial charge < -0.3 is 0 Å². The van der Waals surface area contributed by atoms with Gasteiger partial charge in [-0.1, -0.05) is 50.9 Å². The summed E-state index contributed by atoms with van der Waals surface area (Å²) < 4.78 is 94.0. The van der Waals surface area contributed by atoms with E-state index in [0.717, 1.165) is 0 Å². The normalized spacial score (nSPS) is 22.1. The van der Waals surface area contributed by atoms with E-state index in [1.165, 1.54) is 0 Å². The van der Waals surface area contributed by atoms with E-state index < -0.39 is 54.4 Å². The van der Waals surface area contributed by atoms with Crippen LogP contribution in [0.25, 0.3) is 0 Å². The molecule has 0 saturated heterocycles. The highest BCUT2D eigenvalue weighted by molar-refractivity contribution is 6.53. The van der Waals surface area contributed by atoms with Gasteiger partial charge in [-0.15, -0.1) is 5.12 Å². The minimum Gasteiger partial charge on any atom is -0.194 e. The SMILES string of the molecule is FN1c2c(Cl)c(Cl)c(Cl)c(Cl)c2C(F)(F)C(F)(F)C1(F)F. The third kappa shape index (κ3) is 1.85. The van der Waals surface area contributed by atoms with Crippen LogP contribution >= 0.6 is 46.4 Å². The van der Waals surface area contributed by atoms with Gasteiger partial charge in [-0.3, -0.25) is 0 Å². The molecule has 2 rings (SSSR count). The number of fused-ring (bicyclic) bond motifs is 1. The Hall–Kier alpha value is -0.310. The summed E-state index contributed by atoms with van der Waals surface area (Å²) in [6.07, 6.45) is 0. The second-order valence-electron chi connectivity index (χ2n) is 3.95. The highest BCUT2D eigenvalue weighted by Crippen LogP contribution is 2.64. The molecule has 1 aromatic rings. The number of rotatable bonds is 0. The van der Waals surface area contributed by atoms with E-state index >= 15 is 0 Å². The second kappa shape index (κ2) is 4.59. The number of benzene rings is 1. The zero-order valence-corrected chi connectivity index (χ0v) is 12.1. The van der Waals surface area contributed by atoms with Crippen LogP contribution in [-0.4, -0.2) is 12.0 Å². The molecular weight excluding hydrogens is 397 g/mol. The summed E-state index contributed by atoms with van der Waals surface area (Å²) in [5.74, 6) is -11.6. The Bertz CT molecular complexity index is 633. The van der Waals surface area contributed by atoms with Gasteiger partial charge in [-0.05, 0) is 0 Å². The zero-order valence-electron chi connectivity index (χ0n) is 9.10. The monoisotopic (exact) mass is 395 g/mol. The van der Waals surface area contributed by atoms with Gasteiger partial charge in [0.15, 0.2) is 0 Å². The van der Waals surface area contributed by atoms with Crippen molar-refractivity contribution in [3.63, 3.8) is 0 Å². The number of nitrogens with zero attached hydrogens (tertiary/aromatic N) is 1. The predicted molar refractivity (Wildman–Crippen MR) is 63.9 cm³/mol. The average molecular weight is 397 g/mol. The summed E-state index contributed by atoms with van der Waals surface area (Å²) in [5, 5.41) is -6.11. The van der Waals surface area contributed by atoms with Crippen molar-refractivity contribution in [1.82, 2.24) is 0 Å². The third-order valence-corrected chi connectivity index (χ3v) is 4.56. The first-order valence-corrected chi connectivity index (χ1v) is 6.27. The summed E-state index contributed by atoms with van der Waals surface area (Å²) in [6, 6.07) is -5.88. The van der Waals surface area contributed by atoms with E-state index in [1.54, 1.807) is 0 Å². The van der Waals surface area contributed by atoms with Crippen LogP contribution in [0.3, 0.4) is 0 Å². The molecule has 21 heavy (non-hydrogen) atoms. The lowest BCUT2D eigenvalue weighted by molar-refractivity contribution is -0.329. The largest absolute Gasteiger partial charge is 0.420 e. The van der Waals surface area contributed by atoms with E-state index in [1.807, 2.05) is 0 Å². The summed E-state index contributed by atoms with van der Waals surface area (Å²) in [6.45, 7) is 0. The summed E-state index contributed by atoms with van der Waals surface area (Å²) in [7, 11) is 0. The first-order valence-electron chi connectivity index (χ1n) is 4.76. The Labute approximate surface area is 132 Å². The molecule has 0 N–H and O–H groups in total. The van der Waals surface area contributed by atoms with Gasteiger partial charge >= 0.3 is 17.9 Å². The van der Waals surface area contributed by atoms with Gasteiger partial charge in [0.2, 0.25) is 0 Å². The van der Waals surface area contributed by atoms with Crippen molar-refractivity contribution in [2.24, 2.45) is 0 Å². The summed E-state index contributed by atoms with van der Waals surface area (Å²) in [4.78, 5) is 0. The van der Waals surface area contributed by atoms with Crippen LogP contribution in [0.15, 0.2) is 0 Å². The lowest BCUT2D eigenvalue weighted by Gasteiger charge is -2.42. The highest BCUT2D eigenvalue weighted by Gasteiger charge is 2.80. The number of anilines is 1. The van der Waals surface area contributed by atoms with Gasteiger partial charge in [0.05, 0.1) is 25.7 Å². The van der Waals surface area contributed by atoms with E-state index in [2.05, 4.69) is 0 Å². The molecule has 0 bridgehead atoms. The maximum Gasteiger partial charge on any atom is 0.420 e. The Morgan fingerprint density at radius 1 is 0.714 bits per heavy atom. The zero-order chi connectivity index (χ0) is 16.5. The molecule has 0 spiro atoms. The molecule has 0 unspecified atom stereocenters. The molecule has 1 aliphatic rings. The third-order valence-electron chi connectivity index (χ3n) is 2.77. The molecular formula is C9Cl4F7N. The Morgan fingerprint density at radius 3 is 1.62 bits per heavy atom. The van der Waals surface area contributed by atoms with Crippen molar-refractivity contribution in [1.29, 1.82) is 0 Å². The van der Waals surface area contributed by atoms with Crippen LogP contribution in [0.5, 0.6) is 0 Å². The van der Waals surface area contributed by atoms with Crippen molar-refractivity contribution in [3.8, 4) is 0 Å². The molecule has 1 aliphatic heterocycles. The van der Waals surface area contributed by atoms with Gasteiger partial charge in [0.1, 0.15) is 5.69 Å². The van der Waals surface area contributed by atoms with E-state index in [4.69, 9.17) is 46.4 Å². The van der Waals surface area contributed by atoms with Crippen LogP contribution in [-0.2, 0) is 5.92 Å². The Kier molecular flexibility index (Phi) is 3.73. The van der Waals surface area contributed by atoms with Gasteiger partial charge in [0.25, 0.3) is 0 Å². The molecule has 1 nitrogen and oxygen atoms in total. The van der Waals surface area contributed by atoms with Gasteiger partial charge in [-0.25, -0.2) is 0 Å². The molecule has 0 saturated carbocycles. The molecule has 0 fully saturated rings. The maximum atomic E-state index is 13.7. The van der Waals surface area contributed by atoms with Crippen LogP contribution in [0.2, 0.25) is 20.1 Å². The van der Waals surface area contributed by atoms with Crippen LogP contribution in [0.4, 0.5) is 36.5 Å². The quantitative estimate of drug-likeness (QED) is 0.163. The smallest absolute Gasteiger partial charge is 0.194 e. The average Bonchev–Trinajstić information content (AvgIpc) is 2.37. The standard InChI is InChI=1S/C9Cl4F7N/c10-2-1-6(5(13)4(12)3(2)11)21(20)9(18,19)8(16,17)7(1,14)15. The number of halogens is 11. The van der Waals surface area contributed by atoms with Crippen LogP contribution in [0, 0.1) is 0 Å². The molecule has 118 valence electrons. The first kappa shape index (κ1) is 17.1. The fraction of sp³-hybridized carbons (Fsp3) is 0.333. The second-order valence-corrected chi connectivity index (χ2v) is 5.46. The van der Waals surface area contributed by atoms with Crippen molar-refractivity contribution in [2.75, 3.05) is 5.12 Å². The summed E-state index contributed by atoms with van der Waals surface area (Å²) in [5.41, 5.74) is -3.74. The topological polar surface area (TPSA) is 3.24 Å². The maximum absolute atomic E-state index is 13.7. The fourth-order valence-electron chi connectivity index (χ4n) is 1.70. The van der Waals surface area contributed by atoms with Crippen molar-refractivity contribution < 1.29 is 30.8 Å². The van der Waals surface area contributed by atoms with E-state index in [0.29, 0.717) is 0 Å². The van der Waals surface area contributed by atoms with Crippen molar-refractivity contribution >= 4 is 52.1 Å². The van der Waals surface area contributed by atoms with Crippen LogP contribution < -0.4 is 5.12 Å². The first-order chi connectivity index (χ1) is 9.30. The molecule has 1 aromatic carbocycles. The molecule has 1 heterocycles. The van der Waals surface area contributed by atoms with Crippen molar-refractivity contribution in [3.05, 3.63) is 25.7 Å². The molecule has 0 aromatic heterocycles. The lowest BCUT2D eigenvalue weighted by atomic mass is 9.94. The van der Waals surface area contributed by atoms with E-state index in [-0.39, 0.29) is 0 Å². The molecule has 0 aliphatic carbocycles. The molecule has 0 amide bonds. The molecule has 0 atom stereocenters. The Morgan fingerprint density at radius 2 is 1.14 bits per heavy atom. The van der Waals surface area contributed by atoms with Crippen molar-refractivity contribution in [2.45, 2.75) is 17.9 Å². The minimum absolute atomic E-state index is 0.832. The van der Waals surface area contributed by atoms with Gasteiger partial charge in [-0.2, -0.15) is 26.3 Å².